The molecule has 0 heterocycles. The third-order valence-electron chi connectivity index (χ3n) is 7.03. The first-order valence-electron chi connectivity index (χ1n) is 15.5. The number of ether oxygens (including phenoxy) is 1. The SMILES string of the molecule is CCCCCCCCCCCCCCCCCCCCCCOC(=O)CCCCCCCC(=O)O. The average Bonchev–Trinajstić information content (AvgIpc) is 2.84. The largest absolute Gasteiger partial charge is 0.481 e. The fraction of sp³-hybridized carbons (Fsp3) is 0.935. The molecule has 0 rings (SSSR count). The molecule has 0 unspecified atom stereocenters. The molecule has 0 radical (unpaired) electrons. The van der Waals surface area contributed by atoms with Crippen LogP contribution in [0, 0.1) is 0 Å². The zero-order valence-corrected chi connectivity index (χ0v) is 23.5. The van der Waals surface area contributed by atoms with Crippen molar-refractivity contribution in [3.8, 4) is 0 Å². The molecular formula is C31H60O4. The fourth-order valence-corrected chi connectivity index (χ4v) is 4.69. The molecular weight excluding hydrogens is 436 g/mol. The number of esters is 1. The van der Waals surface area contributed by atoms with E-state index in [1.807, 2.05) is 0 Å². The molecule has 0 aromatic carbocycles. The smallest absolute Gasteiger partial charge is 0.305 e. The van der Waals surface area contributed by atoms with Crippen LogP contribution >= 0.6 is 0 Å². The number of carbonyl (C=O) groups excluding carboxylic acids is 1. The average molecular weight is 497 g/mol. The van der Waals surface area contributed by atoms with E-state index in [0.29, 0.717) is 13.0 Å². The maximum Gasteiger partial charge on any atom is 0.305 e. The lowest BCUT2D eigenvalue weighted by Gasteiger charge is -2.05. The zero-order valence-electron chi connectivity index (χ0n) is 23.5. The first-order valence-corrected chi connectivity index (χ1v) is 15.5. The molecule has 0 bridgehead atoms. The van der Waals surface area contributed by atoms with Gasteiger partial charge in [-0.1, -0.05) is 148 Å². The second-order valence-corrected chi connectivity index (χ2v) is 10.6. The summed E-state index contributed by atoms with van der Waals surface area (Å²) in [6, 6.07) is 0. The van der Waals surface area contributed by atoms with E-state index in [1.165, 1.54) is 116 Å². The third kappa shape index (κ3) is 30.9. The predicted molar refractivity (Wildman–Crippen MR) is 149 cm³/mol. The summed E-state index contributed by atoms with van der Waals surface area (Å²) in [5, 5.41) is 8.59. The van der Waals surface area contributed by atoms with E-state index in [9.17, 15) is 9.59 Å². The second kappa shape index (κ2) is 29.2. The lowest BCUT2D eigenvalue weighted by Crippen LogP contribution is -2.05. The van der Waals surface area contributed by atoms with Crippen LogP contribution < -0.4 is 0 Å². The number of hydrogen-bond acceptors (Lipinski definition) is 3. The quantitative estimate of drug-likeness (QED) is 0.0826. The van der Waals surface area contributed by atoms with Crippen LogP contribution in [0.1, 0.15) is 180 Å². The summed E-state index contributed by atoms with van der Waals surface area (Å²) in [7, 11) is 0. The minimum atomic E-state index is -0.724. The molecule has 0 amide bonds. The molecule has 4 nitrogen and oxygen atoms in total. The summed E-state index contributed by atoms with van der Waals surface area (Å²) < 4.78 is 5.32. The zero-order chi connectivity index (χ0) is 25.7. The molecule has 0 aliphatic carbocycles. The van der Waals surface area contributed by atoms with Crippen LogP contribution in [0.3, 0.4) is 0 Å². The topological polar surface area (TPSA) is 63.6 Å². The first-order chi connectivity index (χ1) is 17.2. The monoisotopic (exact) mass is 496 g/mol. The fourth-order valence-electron chi connectivity index (χ4n) is 4.69. The van der Waals surface area contributed by atoms with Crippen LogP contribution in [0.15, 0.2) is 0 Å². The van der Waals surface area contributed by atoms with Gasteiger partial charge in [0.2, 0.25) is 0 Å². The number of carbonyl (C=O) groups is 2. The van der Waals surface area contributed by atoms with E-state index < -0.39 is 5.97 Å². The molecule has 35 heavy (non-hydrogen) atoms. The summed E-state index contributed by atoms with van der Waals surface area (Å²) in [5.74, 6) is -0.799. The molecule has 208 valence electrons. The Labute approximate surface area is 218 Å². The van der Waals surface area contributed by atoms with Crippen molar-refractivity contribution in [2.75, 3.05) is 6.61 Å². The van der Waals surface area contributed by atoms with Gasteiger partial charge in [-0.3, -0.25) is 9.59 Å². The number of aliphatic carboxylic acids is 1. The molecule has 1 N–H and O–H groups in total. The Hall–Kier alpha value is -1.06. The van der Waals surface area contributed by atoms with Crippen molar-refractivity contribution in [2.45, 2.75) is 180 Å². The molecule has 0 aromatic heterocycles. The molecule has 4 heteroatoms. The van der Waals surface area contributed by atoms with Gasteiger partial charge in [-0.15, -0.1) is 0 Å². The van der Waals surface area contributed by atoms with Gasteiger partial charge in [-0.25, -0.2) is 0 Å². The Bertz CT molecular complexity index is 449. The molecule has 0 aliphatic heterocycles. The van der Waals surface area contributed by atoms with Crippen LogP contribution in [0.25, 0.3) is 0 Å². The normalized spacial score (nSPS) is 11.1. The van der Waals surface area contributed by atoms with Gasteiger partial charge in [0.15, 0.2) is 0 Å². The van der Waals surface area contributed by atoms with Crippen molar-refractivity contribution in [2.24, 2.45) is 0 Å². The summed E-state index contributed by atoms with van der Waals surface area (Å²) in [6.45, 7) is 2.85. The van der Waals surface area contributed by atoms with Gasteiger partial charge in [-0.2, -0.15) is 0 Å². The van der Waals surface area contributed by atoms with Crippen LogP contribution in [0.5, 0.6) is 0 Å². The van der Waals surface area contributed by atoms with Gasteiger partial charge in [-0.05, 0) is 19.3 Å². The van der Waals surface area contributed by atoms with Crippen molar-refractivity contribution < 1.29 is 19.4 Å². The Balaban J connectivity index is 3.13. The molecule has 0 aromatic rings. The number of carboxylic acids is 1. The predicted octanol–water partition coefficient (Wildman–Crippen LogP) is 10.2. The molecule has 0 fully saturated rings. The van der Waals surface area contributed by atoms with Gasteiger partial charge in [0.25, 0.3) is 0 Å². The minimum Gasteiger partial charge on any atom is -0.481 e. The summed E-state index contributed by atoms with van der Waals surface area (Å²) in [6.07, 6.45) is 32.7. The van der Waals surface area contributed by atoms with Crippen molar-refractivity contribution in [3.05, 3.63) is 0 Å². The second-order valence-electron chi connectivity index (χ2n) is 10.6. The highest BCUT2D eigenvalue weighted by Crippen LogP contribution is 2.15. The van der Waals surface area contributed by atoms with Crippen LogP contribution in [0.2, 0.25) is 0 Å². The maximum atomic E-state index is 11.7. The number of rotatable bonds is 29. The Kier molecular flexibility index (Phi) is 28.3. The van der Waals surface area contributed by atoms with Crippen molar-refractivity contribution in [3.63, 3.8) is 0 Å². The Morgan fingerprint density at radius 3 is 1.14 bits per heavy atom. The maximum absolute atomic E-state index is 11.7. The lowest BCUT2D eigenvalue weighted by atomic mass is 10.0. The van der Waals surface area contributed by atoms with E-state index in [4.69, 9.17) is 9.84 Å². The van der Waals surface area contributed by atoms with Crippen molar-refractivity contribution in [1.29, 1.82) is 0 Å². The third-order valence-corrected chi connectivity index (χ3v) is 7.03. The Morgan fingerprint density at radius 2 is 0.771 bits per heavy atom. The van der Waals surface area contributed by atoms with E-state index in [1.54, 1.807) is 0 Å². The van der Waals surface area contributed by atoms with Crippen molar-refractivity contribution >= 4 is 11.9 Å². The van der Waals surface area contributed by atoms with Crippen LogP contribution in [-0.4, -0.2) is 23.7 Å². The van der Waals surface area contributed by atoms with E-state index >= 15 is 0 Å². The summed E-state index contributed by atoms with van der Waals surface area (Å²) in [5.41, 5.74) is 0. The molecule has 0 spiro atoms. The standard InChI is InChI=1S/C31H60O4/c1-2-3-4-5-6-7-8-9-10-11-12-13-14-15-16-17-18-19-23-26-29-35-31(34)28-25-22-20-21-24-27-30(32)33/h2-29H2,1H3,(H,32,33). The molecule has 0 saturated heterocycles. The van der Waals surface area contributed by atoms with Crippen molar-refractivity contribution in [1.82, 2.24) is 0 Å². The van der Waals surface area contributed by atoms with Gasteiger partial charge in [0.1, 0.15) is 0 Å². The molecule has 0 atom stereocenters. The minimum absolute atomic E-state index is 0.0756. The van der Waals surface area contributed by atoms with Crippen LogP contribution in [0.4, 0.5) is 0 Å². The Morgan fingerprint density at radius 1 is 0.457 bits per heavy atom. The van der Waals surface area contributed by atoms with Gasteiger partial charge < -0.3 is 9.84 Å². The number of unbranched alkanes of at least 4 members (excludes halogenated alkanes) is 23. The highest BCUT2D eigenvalue weighted by atomic mass is 16.5. The first kappa shape index (κ1) is 33.9. The van der Waals surface area contributed by atoms with Crippen LogP contribution in [-0.2, 0) is 14.3 Å². The van der Waals surface area contributed by atoms with Gasteiger partial charge in [0.05, 0.1) is 6.61 Å². The highest BCUT2D eigenvalue weighted by molar-refractivity contribution is 5.69. The highest BCUT2D eigenvalue weighted by Gasteiger charge is 2.03. The number of hydrogen-bond donors (Lipinski definition) is 1. The molecule has 0 saturated carbocycles. The summed E-state index contributed by atoms with van der Waals surface area (Å²) in [4.78, 5) is 22.2. The van der Waals surface area contributed by atoms with E-state index in [-0.39, 0.29) is 12.4 Å². The lowest BCUT2D eigenvalue weighted by molar-refractivity contribution is -0.144. The van der Waals surface area contributed by atoms with Gasteiger partial charge in [0, 0.05) is 12.8 Å². The summed E-state index contributed by atoms with van der Waals surface area (Å²) >= 11 is 0. The number of carboxylic acid groups (broad SMARTS) is 1. The molecule has 0 aliphatic rings. The van der Waals surface area contributed by atoms with E-state index in [2.05, 4.69) is 6.92 Å². The van der Waals surface area contributed by atoms with Gasteiger partial charge >= 0.3 is 11.9 Å². The van der Waals surface area contributed by atoms with E-state index in [0.717, 1.165) is 44.9 Å².